The third kappa shape index (κ3) is 7.14. The van der Waals surface area contributed by atoms with Gasteiger partial charge in [-0.25, -0.2) is 45.9 Å². The van der Waals surface area contributed by atoms with Gasteiger partial charge in [0.15, 0.2) is 11.3 Å². The van der Waals surface area contributed by atoms with Gasteiger partial charge in [0.2, 0.25) is 0 Å². The van der Waals surface area contributed by atoms with Gasteiger partial charge in [0.25, 0.3) is 0 Å². The van der Waals surface area contributed by atoms with Crippen LogP contribution >= 0.6 is 15.9 Å². The first-order chi connectivity index (χ1) is 24.6. The molecule has 0 saturated carbocycles. The Labute approximate surface area is 295 Å². The zero-order chi connectivity index (χ0) is 35.6. The van der Waals surface area contributed by atoms with Gasteiger partial charge in [-0.2, -0.15) is 20.4 Å². The number of nitrogens with one attached hydrogen (secondary N) is 2. The lowest BCUT2D eigenvalue weighted by atomic mass is 10.1. The predicted octanol–water partition coefficient (Wildman–Crippen LogP) is 7.50. The van der Waals surface area contributed by atoms with Crippen molar-refractivity contribution in [2.75, 3.05) is 10.6 Å². The average molecular weight is 760 g/mol. The summed E-state index contributed by atoms with van der Waals surface area (Å²) in [6, 6.07) is 11.1. The van der Waals surface area contributed by atoms with E-state index in [1.807, 2.05) is 0 Å². The Bertz CT molecular complexity index is 2460. The van der Waals surface area contributed by atoms with E-state index in [2.05, 4.69) is 56.9 Å². The average Bonchev–Trinajstić information content (AvgIpc) is 3.94. The van der Waals surface area contributed by atoms with Crippen molar-refractivity contribution in [3.8, 4) is 11.4 Å². The minimum atomic E-state index is -0.485. The highest BCUT2D eigenvalue weighted by Gasteiger charge is 2.16. The molecule has 6 heterocycles. The van der Waals surface area contributed by atoms with E-state index in [1.165, 1.54) is 12.1 Å². The zero-order valence-electron chi connectivity index (χ0n) is 26.8. The van der Waals surface area contributed by atoms with Crippen LogP contribution in [0.15, 0.2) is 109 Å². The summed E-state index contributed by atoms with van der Waals surface area (Å²) in [6.45, 7) is 3.49. The molecule has 2 atom stereocenters. The fourth-order valence-corrected chi connectivity index (χ4v) is 5.62. The molecule has 2 N–H and O–H groups in total. The Morgan fingerprint density at radius 3 is 1.63 bits per heavy atom. The van der Waals surface area contributed by atoms with Gasteiger partial charge < -0.3 is 10.6 Å². The number of fused-ring (bicyclic) bond motifs is 2. The van der Waals surface area contributed by atoms with Gasteiger partial charge in [-0.15, -0.1) is 0 Å². The second kappa shape index (κ2) is 14.0. The van der Waals surface area contributed by atoms with Crippen LogP contribution in [-0.2, 0) is 0 Å². The van der Waals surface area contributed by atoms with Crippen molar-refractivity contribution >= 4 is 38.9 Å². The maximum atomic E-state index is 14.0. The third-order valence-electron chi connectivity index (χ3n) is 7.83. The van der Waals surface area contributed by atoms with Crippen LogP contribution in [0.4, 0.5) is 29.2 Å². The molecule has 8 rings (SSSR count). The standard InChI is InChI=1S/C17H13BrF2N6.C17H14F2N6/c1-10(13-6-12(19)2-3-14(13)20)23-16-4-5-25-17(24-16)15(8-22-25)26-9-11(18)7-21-26;1-11(13-9-12(18)3-4-14(13)19)22-16-5-8-25-17(23-16)15(10-21-25)24-7-2-6-20-24/h2-10H,1H3,(H,23,24);2-11H,1H3,(H,22,23)/t10-;11-/m11/s1. The summed E-state index contributed by atoms with van der Waals surface area (Å²) in [5.74, 6) is -0.867. The fourth-order valence-electron chi connectivity index (χ4n) is 5.33. The first-order valence-corrected chi connectivity index (χ1v) is 16.2. The van der Waals surface area contributed by atoms with Gasteiger partial charge in [-0.3, -0.25) is 0 Å². The van der Waals surface area contributed by atoms with Gasteiger partial charge in [0.1, 0.15) is 46.3 Å². The van der Waals surface area contributed by atoms with E-state index < -0.39 is 35.4 Å². The van der Waals surface area contributed by atoms with E-state index in [-0.39, 0.29) is 11.1 Å². The van der Waals surface area contributed by atoms with Crippen LogP contribution in [0.2, 0.25) is 0 Å². The number of rotatable bonds is 8. The molecule has 0 saturated heterocycles. The lowest BCUT2D eigenvalue weighted by Crippen LogP contribution is -2.11. The van der Waals surface area contributed by atoms with E-state index in [0.29, 0.717) is 28.6 Å². The van der Waals surface area contributed by atoms with Gasteiger partial charge in [-0.1, -0.05) is 0 Å². The predicted molar refractivity (Wildman–Crippen MR) is 185 cm³/mol. The molecule has 2 aromatic carbocycles. The van der Waals surface area contributed by atoms with E-state index in [4.69, 9.17) is 0 Å². The second-order valence-corrected chi connectivity index (χ2v) is 12.3. The Morgan fingerprint density at radius 1 is 0.627 bits per heavy atom. The molecule has 6 aromatic heterocycles. The quantitative estimate of drug-likeness (QED) is 0.153. The number of hydrogen-bond acceptors (Lipinski definition) is 8. The molecule has 0 aliphatic heterocycles. The molecule has 12 nitrogen and oxygen atoms in total. The minimum absolute atomic E-state index is 0.233. The molecule has 0 aliphatic carbocycles. The summed E-state index contributed by atoms with van der Waals surface area (Å²) >= 11 is 3.36. The number of halogens is 5. The van der Waals surface area contributed by atoms with Crippen molar-refractivity contribution in [3.05, 3.63) is 143 Å². The van der Waals surface area contributed by atoms with Crippen LogP contribution in [0.25, 0.3) is 22.7 Å². The number of hydrogen-bond donors (Lipinski definition) is 2. The minimum Gasteiger partial charge on any atom is -0.363 e. The summed E-state index contributed by atoms with van der Waals surface area (Å²) in [7, 11) is 0. The first-order valence-electron chi connectivity index (χ1n) is 15.5. The molecule has 8 aromatic rings. The Morgan fingerprint density at radius 2 is 1.16 bits per heavy atom. The molecule has 0 bridgehead atoms. The number of nitrogens with zero attached hydrogens (tertiary/aromatic N) is 10. The van der Waals surface area contributed by atoms with Gasteiger partial charge in [0, 0.05) is 42.1 Å². The van der Waals surface area contributed by atoms with Crippen LogP contribution in [0.1, 0.15) is 37.1 Å². The third-order valence-corrected chi connectivity index (χ3v) is 8.24. The highest BCUT2D eigenvalue weighted by Crippen LogP contribution is 2.25. The summed E-state index contributed by atoms with van der Waals surface area (Å²) < 4.78 is 62.1. The topological polar surface area (TPSA) is 120 Å². The first kappa shape index (κ1) is 33.4. The second-order valence-electron chi connectivity index (χ2n) is 11.3. The van der Waals surface area contributed by atoms with Crippen LogP contribution in [0.3, 0.4) is 0 Å². The molecule has 0 spiro atoms. The normalized spacial score (nSPS) is 12.5. The Balaban J connectivity index is 0.000000159. The Kier molecular flexibility index (Phi) is 9.18. The molecular formula is C34H27BrF4N12. The summed E-state index contributed by atoms with van der Waals surface area (Å²) in [5.41, 5.74) is 3.07. The van der Waals surface area contributed by atoms with Crippen LogP contribution in [-0.4, -0.2) is 48.8 Å². The molecule has 51 heavy (non-hydrogen) atoms. The van der Waals surface area contributed by atoms with Crippen molar-refractivity contribution in [3.63, 3.8) is 0 Å². The van der Waals surface area contributed by atoms with Crippen molar-refractivity contribution in [2.45, 2.75) is 25.9 Å². The molecule has 0 aliphatic rings. The number of aromatic nitrogens is 10. The van der Waals surface area contributed by atoms with E-state index in [1.54, 1.807) is 100 Å². The fraction of sp³-hybridized carbons (Fsp3) is 0.118. The number of anilines is 2. The van der Waals surface area contributed by atoms with Crippen molar-refractivity contribution in [1.82, 2.24) is 48.8 Å². The van der Waals surface area contributed by atoms with E-state index in [9.17, 15) is 17.6 Å². The maximum Gasteiger partial charge on any atom is 0.183 e. The molecule has 0 fully saturated rings. The SMILES string of the molecule is C[C@@H](Nc1ccn2ncc(-n3cc(Br)cn3)c2n1)c1cc(F)ccc1F.C[C@@H](Nc1ccn2ncc(-n3cccn3)c2n1)c1cc(F)ccc1F. The zero-order valence-corrected chi connectivity index (χ0v) is 28.4. The molecule has 0 unspecified atom stereocenters. The highest BCUT2D eigenvalue weighted by molar-refractivity contribution is 9.10. The maximum absolute atomic E-state index is 14.0. The van der Waals surface area contributed by atoms with Crippen LogP contribution < -0.4 is 10.6 Å². The summed E-state index contributed by atoms with van der Waals surface area (Å²) in [4.78, 5) is 9.06. The van der Waals surface area contributed by atoms with Gasteiger partial charge >= 0.3 is 0 Å². The van der Waals surface area contributed by atoms with Crippen molar-refractivity contribution in [2.24, 2.45) is 0 Å². The van der Waals surface area contributed by atoms with Gasteiger partial charge in [0.05, 0.1) is 35.1 Å². The highest BCUT2D eigenvalue weighted by atomic mass is 79.9. The van der Waals surface area contributed by atoms with Crippen LogP contribution in [0.5, 0.6) is 0 Å². The molecule has 17 heteroatoms. The summed E-state index contributed by atoms with van der Waals surface area (Å²) in [6.07, 6.45) is 13.7. The van der Waals surface area contributed by atoms with Crippen molar-refractivity contribution in [1.29, 1.82) is 0 Å². The van der Waals surface area contributed by atoms with E-state index >= 15 is 0 Å². The lowest BCUT2D eigenvalue weighted by molar-refractivity contribution is 0.577. The van der Waals surface area contributed by atoms with E-state index in [0.717, 1.165) is 34.4 Å². The number of benzene rings is 2. The molecular weight excluding hydrogens is 732 g/mol. The smallest absolute Gasteiger partial charge is 0.183 e. The summed E-state index contributed by atoms with van der Waals surface area (Å²) in [5, 5.41) is 23.1. The van der Waals surface area contributed by atoms with Crippen LogP contribution in [0, 0.1) is 23.3 Å². The Hall–Kier alpha value is -6.10. The van der Waals surface area contributed by atoms with Crippen molar-refractivity contribution < 1.29 is 17.6 Å². The lowest BCUT2D eigenvalue weighted by Gasteiger charge is -2.16. The van der Waals surface area contributed by atoms with Gasteiger partial charge in [-0.05, 0) is 84.4 Å². The molecule has 0 radical (unpaired) electrons. The molecule has 258 valence electrons. The largest absolute Gasteiger partial charge is 0.363 e. The molecule has 0 amide bonds. The monoisotopic (exact) mass is 758 g/mol.